The number of nitrogens with one attached hydrogen (secondary N) is 1. The molecule has 126 valence electrons. The van der Waals surface area contributed by atoms with Crippen molar-refractivity contribution in [2.45, 2.75) is 50.9 Å². The van der Waals surface area contributed by atoms with Crippen LogP contribution in [-0.4, -0.2) is 44.0 Å². The summed E-state index contributed by atoms with van der Waals surface area (Å²) < 4.78 is 16.9. The fourth-order valence-electron chi connectivity index (χ4n) is 3.33. The largest absolute Gasteiger partial charge is 0.494 e. The van der Waals surface area contributed by atoms with Crippen molar-refractivity contribution >= 4 is 5.91 Å². The maximum atomic E-state index is 12.2. The minimum atomic E-state index is 0.0642. The number of benzene rings is 1. The van der Waals surface area contributed by atoms with Crippen LogP contribution in [0.3, 0.4) is 0 Å². The summed E-state index contributed by atoms with van der Waals surface area (Å²) in [6.45, 7) is 3.95. The van der Waals surface area contributed by atoms with Gasteiger partial charge in [-0.2, -0.15) is 0 Å². The van der Waals surface area contributed by atoms with Crippen LogP contribution in [0.1, 0.15) is 31.7 Å². The van der Waals surface area contributed by atoms with E-state index in [4.69, 9.17) is 14.2 Å². The number of amides is 1. The maximum Gasteiger partial charge on any atom is 0.224 e. The van der Waals surface area contributed by atoms with Crippen LogP contribution in [0.5, 0.6) is 5.75 Å². The molecule has 23 heavy (non-hydrogen) atoms. The van der Waals surface area contributed by atoms with E-state index in [0.717, 1.165) is 30.6 Å². The number of carbonyl (C=O) groups excluding carboxylic acids is 1. The van der Waals surface area contributed by atoms with Crippen LogP contribution in [0.15, 0.2) is 24.3 Å². The Morgan fingerprint density at radius 3 is 2.65 bits per heavy atom. The molecule has 1 aliphatic heterocycles. The van der Waals surface area contributed by atoms with Crippen molar-refractivity contribution in [1.29, 1.82) is 0 Å². The molecule has 0 radical (unpaired) electrons. The van der Waals surface area contributed by atoms with E-state index in [-0.39, 0.29) is 24.2 Å². The first kappa shape index (κ1) is 16.3. The number of hydrogen-bond donors (Lipinski definition) is 1. The van der Waals surface area contributed by atoms with Crippen LogP contribution in [0.25, 0.3) is 0 Å². The van der Waals surface area contributed by atoms with Crippen LogP contribution in [0.4, 0.5) is 0 Å². The lowest BCUT2D eigenvalue weighted by atomic mass is 9.89. The Kier molecular flexibility index (Phi) is 5.51. The number of ether oxygens (including phenoxy) is 3. The molecule has 3 atom stereocenters. The summed E-state index contributed by atoms with van der Waals surface area (Å²) >= 11 is 0. The quantitative estimate of drug-likeness (QED) is 0.903. The van der Waals surface area contributed by atoms with Gasteiger partial charge in [0, 0.05) is 6.04 Å². The zero-order chi connectivity index (χ0) is 16.1. The summed E-state index contributed by atoms with van der Waals surface area (Å²) in [6, 6.07) is 7.89. The van der Waals surface area contributed by atoms with E-state index in [0.29, 0.717) is 26.2 Å². The molecule has 1 aromatic rings. The van der Waals surface area contributed by atoms with Crippen molar-refractivity contribution in [3.8, 4) is 5.75 Å². The SMILES string of the molecule is CCOc1ccc(CC(=O)N[C@@H]2CC[C@@H]3OCCO[C@H]3C2)cc1. The summed E-state index contributed by atoms with van der Waals surface area (Å²) in [4.78, 5) is 12.2. The normalized spacial score (nSPS) is 27.1. The third-order valence-electron chi connectivity index (χ3n) is 4.44. The van der Waals surface area contributed by atoms with Crippen LogP contribution < -0.4 is 10.1 Å². The minimum Gasteiger partial charge on any atom is -0.494 e. The van der Waals surface area contributed by atoms with Crippen LogP contribution in [-0.2, 0) is 20.7 Å². The molecule has 5 heteroatoms. The number of rotatable bonds is 5. The lowest BCUT2D eigenvalue weighted by molar-refractivity contribution is -0.158. The van der Waals surface area contributed by atoms with Gasteiger partial charge in [0.25, 0.3) is 0 Å². The second-order valence-electron chi connectivity index (χ2n) is 6.15. The Morgan fingerprint density at radius 2 is 1.91 bits per heavy atom. The van der Waals surface area contributed by atoms with Gasteiger partial charge in [-0.15, -0.1) is 0 Å². The zero-order valence-corrected chi connectivity index (χ0v) is 13.6. The highest BCUT2D eigenvalue weighted by Gasteiger charge is 2.34. The van der Waals surface area contributed by atoms with E-state index < -0.39 is 0 Å². The summed E-state index contributed by atoms with van der Waals surface area (Å²) in [5, 5.41) is 3.13. The molecular formula is C18H25NO4. The van der Waals surface area contributed by atoms with Crippen molar-refractivity contribution in [2.24, 2.45) is 0 Å². The van der Waals surface area contributed by atoms with Crippen molar-refractivity contribution in [3.63, 3.8) is 0 Å². The molecule has 0 aromatic heterocycles. The minimum absolute atomic E-state index is 0.0642. The molecule has 1 N–H and O–H groups in total. The number of hydrogen-bond acceptors (Lipinski definition) is 4. The fourth-order valence-corrected chi connectivity index (χ4v) is 3.33. The van der Waals surface area contributed by atoms with Gasteiger partial charge in [-0.3, -0.25) is 4.79 Å². The predicted octanol–water partition coefficient (Wildman–Crippen LogP) is 2.08. The van der Waals surface area contributed by atoms with E-state index in [2.05, 4.69) is 5.32 Å². The second kappa shape index (κ2) is 7.79. The molecule has 1 aromatic carbocycles. The fraction of sp³-hybridized carbons (Fsp3) is 0.611. The van der Waals surface area contributed by atoms with Gasteiger partial charge < -0.3 is 19.5 Å². The Bertz CT molecular complexity index is 516. The first-order valence-electron chi connectivity index (χ1n) is 8.49. The monoisotopic (exact) mass is 319 g/mol. The molecule has 3 rings (SSSR count). The lowest BCUT2D eigenvalue weighted by Crippen LogP contribution is -2.49. The average Bonchev–Trinajstić information content (AvgIpc) is 2.57. The van der Waals surface area contributed by atoms with Gasteiger partial charge >= 0.3 is 0 Å². The topological polar surface area (TPSA) is 56.8 Å². The van der Waals surface area contributed by atoms with Gasteiger partial charge in [0.1, 0.15) is 5.75 Å². The van der Waals surface area contributed by atoms with Crippen LogP contribution in [0.2, 0.25) is 0 Å². The van der Waals surface area contributed by atoms with Gasteiger partial charge in [-0.05, 0) is 43.9 Å². The van der Waals surface area contributed by atoms with Gasteiger partial charge in [0.05, 0.1) is 38.4 Å². The zero-order valence-electron chi connectivity index (χ0n) is 13.6. The highest BCUT2D eigenvalue weighted by atomic mass is 16.6. The van der Waals surface area contributed by atoms with E-state index >= 15 is 0 Å². The van der Waals surface area contributed by atoms with E-state index in [1.165, 1.54) is 0 Å². The van der Waals surface area contributed by atoms with Gasteiger partial charge in [0.15, 0.2) is 0 Å². The summed E-state index contributed by atoms with van der Waals surface area (Å²) in [7, 11) is 0. The first-order valence-corrected chi connectivity index (χ1v) is 8.49. The van der Waals surface area contributed by atoms with Crippen molar-refractivity contribution < 1.29 is 19.0 Å². The predicted molar refractivity (Wildman–Crippen MR) is 86.6 cm³/mol. The molecule has 2 aliphatic rings. The molecule has 1 saturated carbocycles. The van der Waals surface area contributed by atoms with Crippen molar-refractivity contribution in [3.05, 3.63) is 29.8 Å². The number of carbonyl (C=O) groups is 1. The number of fused-ring (bicyclic) bond motifs is 1. The second-order valence-corrected chi connectivity index (χ2v) is 6.15. The molecular weight excluding hydrogens is 294 g/mol. The Labute approximate surface area is 137 Å². The first-order chi connectivity index (χ1) is 11.2. The van der Waals surface area contributed by atoms with Crippen molar-refractivity contribution in [2.75, 3.05) is 19.8 Å². The molecule has 1 aliphatic carbocycles. The van der Waals surface area contributed by atoms with E-state index in [1.807, 2.05) is 31.2 Å². The van der Waals surface area contributed by atoms with Crippen LogP contribution >= 0.6 is 0 Å². The molecule has 2 fully saturated rings. The van der Waals surface area contributed by atoms with Gasteiger partial charge in [-0.25, -0.2) is 0 Å². The molecule has 1 amide bonds. The average molecular weight is 319 g/mol. The maximum absolute atomic E-state index is 12.2. The smallest absolute Gasteiger partial charge is 0.224 e. The standard InChI is InChI=1S/C18H25NO4/c1-2-21-15-6-3-13(4-7-15)11-18(20)19-14-5-8-16-17(12-14)23-10-9-22-16/h3-4,6-7,14,16-17H,2,5,8-12H2,1H3,(H,19,20)/t14-,16+,17+/m1/s1. The Hall–Kier alpha value is -1.59. The van der Waals surface area contributed by atoms with Gasteiger partial charge in [0.2, 0.25) is 5.91 Å². The van der Waals surface area contributed by atoms with E-state index in [1.54, 1.807) is 0 Å². The molecule has 1 saturated heterocycles. The summed E-state index contributed by atoms with van der Waals surface area (Å²) in [5.74, 6) is 0.902. The molecule has 1 heterocycles. The molecule has 5 nitrogen and oxygen atoms in total. The molecule has 0 unspecified atom stereocenters. The molecule has 0 spiro atoms. The highest BCUT2D eigenvalue weighted by molar-refractivity contribution is 5.78. The van der Waals surface area contributed by atoms with Gasteiger partial charge in [-0.1, -0.05) is 12.1 Å². The summed E-state index contributed by atoms with van der Waals surface area (Å²) in [6.07, 6.45) is 3.50. The molecule has 0 bridgehead atoms. The van der Waals surface area contributed by atoms with Crippen LogP contribution in [0, 0.1) is 0 Å². The highest BCUT2D eigenvalue weighted by Crippen LogP contribution is 2.26. The van der Waals surface area contributed by atoms with E-state index in [9.17, 15) is 4.79 Å². The Morgan fingerprint density at radius 1 is 1.17 bits per heavy atom. The van der Waals surface area contributed by atoms with Crippen molar-refractivity contribution in [1.82, 2.24) is 5.32 Å². The third-order valence-corrected chi connectivity index (χ3v) is 4.44. The lowest BCUT2D eigenvalue weighted by Gasteiger charge is -2.39. The third kappa shape index (κ3) is 4.45. The summed E-state index contributed by atoms with van der Waals surface area (Å²) in [5.41, 5.74) is 0.997. The Balaban J connectivity index is 1.47.